The average Bonchev–Trinajstić information content (AvgIpc) is 3.37. The molecule has 1 aromatic carbocycles. The Morgan fingerprint density at radius 3 is 2.81 bits per heavy atom. The maximum absolute atomic E-state index is 13.2. The van der Waals surface area contributed by atoms with Crippen LogP contribution in [0.25, 0.3) is 11.1 Å². The number of nitrogens with zero attached hydrogens (tertiary/aromatic N) is 3. The number of aryl methyl sites for hydroxylation is 1. The fraction of sp³-hybridized carbons (Fsp3) is 0.364. The molecule has 4 rings (SSSR count). The molecule has 0 bridgehead atoms. The van der Waals surface area contributed by atoms with Crippen LogP contribution in [0, 0.1) is 0 Å². The van der Waals surface area contributed by atoms with Gasteiger partial charge in [0, 0.05) is 25.7 Å². The van der Waals surface area contributed by atoms with Crippen molar-refractivity contribution in [2.24, 2.45) is 0 Å². The number of alkyl halides is 3. The van der Waals surface area contributed by atoms with Crippen molar-refractivity contribution in [2.45, 2.75) is 38.4 Å². The summed E-state index contributed by atoms with van der Waals surface area (Å²) in [6, 6.07) is 5.55. The number of amides is 2. The lowest BCUT2D eigenvalue weighted by Gasteiger charge is -2.26. The summed E-state index contributed by atoms with van der Waals surface area (Å²) in [5, 5.41) is 7.29. The third kappa shape index (κ3) is 4.44. The SMILES string of the molecule is CCc1noc2ncc(C(=O)NC(CN3CCCC3=O)c3cccc(C(F)(F)F)c3)cc12. The average molecular weight is 446 g/mol. The minimum atomic E-state index is -4.52. The molecular weight excluding hydrogens is 425 g/mol. The van der Waals surface area contributed by atoms with Crippen LogP contribution in [0.2, 0.25) is 0 Å². The molecule has 1 fully saturated rings. The predicted octanol–water partition coefficient (Wildman–Crippen LogP) is 3.90. The molecule has 0 saturated carbocycles. The van der Waals surface area contributed by atoms with Gasteiger partial charge in [0.05, 0.1) is 28.2 Å². The minimum Gasteiger partial charge on any atom is -0.343 e. The topological polar surface area (TPSA) is 88.3 Å². The molecule has 3 heterocycles. The van der Waals surface area contributed by atoms with Crippen molar-refractivity contribution in [3.05, 3.63) is 58.9 Å². The highest BCUT2D eigenvalue weighted by molar-refractivity contribution is 5.97. The quantitative estimate of drug-likeness (QED) is 0.621. The molecule has 1 atom stereocenters. The summed E-state index contributed by atoms with van der Waals surface area (Å²) in [7, 11) is 0. The maximum Gasteiger partial charge on any atom is 0.416 e. The Morgan fingerprint density at radius 2 is 2.12 bits per heavy atom. The zero-order valence-electron chi connectivity index (χ0n) is 17.3. The third-order valence-electron chi connectivity index (χ3n) is 5.50. The molecule has 1 N–H and O–H groups in total. The van der Waals surface area contributed by atoms with E-state index in [1.165, 1.54) is 18.3 Å². The fourth-order valence-electron chi connectivity index (χ4n) is 3.78. The van der Waals surface area contributed by atoms with E-state index < -0.39 is 23.7 Å². The lowest BCUT2D eigenvalue weighted by Crippen LogP contribution is -2.38. The third-order valence-corrected chi connectivity index (χ3v) is 5.50. The van der Waals surface area contributed by atoms with E-state index in [9.17, 15) is 22.8 Å². The number of benzene rings is 1. The Labute approximate surface area is 181 Å². The second-order valence-corrected chi connectivity index (χ2v) is 7.65. The first-order valence-electron chi connectivity index (χ1n) is 10.3. The van der Waals surface area contributed by atoms with E-state index in [1.807, 2.05) is 6.92 Å². The van der Waals surface area contributed by atoms with Gasteiger partial charge in [-0.3, -0.25) is 9.59 Å². The van der Waals surface area contributed by atoms with Gasteiger partial charge in [0.25, 0.3) is 11.6 Å². The van der Waals surface area contributed by atoms with Crippen molar-refractivity contribution >= 4 is 22.9 Å². The Hall–Kier alpha value is -3.43. The molecule has 1 aliphatic heterocycles. The normalized spacial score (nSPS) is 15.4. The Kier molecular flexibility index (Phi) is 5.86. The molecule has 0 radical (unpaired) electrons. The van der Waals surface area contributed by atoms with E-state index in [1.54, 1.807) is 11.0 Å². The highest BCUT2D eigenvalue weighted by atomic mass is 19.4. The highest BCUT2D eigenvalue weighted by Crippen LogP contribution is 2.31. The van der Waals surface area contributed by atoms with Crippen LogP contribution in [0.1, 0.15) is 53.0 Å². The second kappa shape index (κ2) is 8.60. The van der Waals surface area contributed by atoms with E-state index >= 15 is 0 Å². The van der Waals surface area contributed by atoms with E-state index in [0.29, 0.717) is 42.6 Å². The van der Waals surface area contributed by atoms with Gasteiger partial charge in [-0.05, 0) is 36.6 Å². The van der Waals surface area contributed by atoms with Crippen molar-refractivity contribution in [1.29, 1.82) is 0 Å². The van der Waals surface area contributed by atoms with Crippen LogP contribution in [0.3, 0.4) is 0 Å². The summed E-state index contributed by atoms with van der Waals surface area (Å²) in [6.07, 6.45) is -1.54. The van der Waals surface area contributed by atoms with E-state index in [-0.39, 0.29) is 23.6 Å². The summed E-state index contributed by atoms with van der Waals surface area (Å²) >= 11 is 0. The molecule has 2 amide bonds. The van der Waals surface area contributed by atoms with Crippen molar-refractivity contribution in [1.82, 2.24) is 20.4 Å². The van der Waals surface area contributed by atoms with E-state index in [4.69, 9.17) is 4.52 Å². The van der Waals surface area contributed by atoms with Crippen LogP contribution >= 0.6 is 0 Å². The van der Waals surface area contributed by atoms with Gasteiger partial charge in [-0.25, -0.2) is 4.98 Å². The van der Waals surface area contributed by atoms with Crippen molar-refractivity contribution in [2.75, 3.05) is 13.1 Å². The molecule has 32 heavy (non-hydrogen) atoms. The molecule has 7 nitrogen and oxygen atoms in total. The number of hydrogen-bond donors (Lipinski definition) is 1. The van der Waals surface area contributed by atoms with Crippen LogP contribution in [-0.2, 0) is 17.4 Å². The number of pyridine rings is 1. The number of likely N-dealkylation sites (tertiary alicyclic amines) is 1. The Bertz CT molecular complexity index is 1160. The Morgan fingerprint density at radius 1 is 1.31 bits per heavy atom. The van der Waals surface area contributed by atoms with Crippen LogP contribution in [0.5, 0.6) is 0 Å². The standard InChI is InChI=1S/C22H21F3N4O3/c1-2-17-16-10-14(11-26-21(16)32-28-17)20(31)27-18(12-29-8-4-7-19(29)30)13-5-3-6-15(9-13)22(23,24)25/h3,5-6,9-11,18H,2,4,7-8,12H2,1H3,(H,27,31). The number of carbonyl (C=O) groups is 2. The smallest absolute Gasteiger partial charge is 0.343 e. The summed E-state index contributed by atoms with van der Waals surface area (Å²) in [5.74, 6) is -0.604. The molecule has 10 heteroatoms. The Balaban J connectivity index is 1.64. The van der Waals surface area contributed by atoms with Crippen LogP contribution in [0.15, 0.2) is 41.1 Å². The maximum atomic E-state index is 13.2. The molecule has 1 unspecified atom stereocenters. The largest absolute Gasteiger partial charge is 0.416 e. The number of halogens is 3. The molecule has 1 saturated heterocycles. The summed E-state index contributed by atoms with van der Waals surface area (Å²) in [4.78, 5) is 30.8. The van der Waals surface area contributed by atoms with Gasteiger partial charge in [-0.15, -0.1) is 0 Å². The number of aromatic nitrogens is 2. The number of carbonyl (C=O) groups excluding carboxylic acids is 2. The van der Waals surface area contributed by atoms with Crippen molar-refractivity contribution in [3.63, 3.8) is 0 Å². The first-order valence-corrected chi connectivity index (χ1v) is 10.3. The van der Waals surface area contributed by atoms with Gasteiger partial charge in [0.15, 0.2) is 0 Å². The van der Waals surface area contributed by atoms with E-state index in [0.717, 1.165) is 12.1 Å². The second-order valence-electron chi connectivity index (χ2n) is 7.65. The van der Waals surface area contributed by atoms with Crippen molar-refractivity contribution in [3.8, 4) is 0 Å². The molecular formula is C22H21F3N4O3. The van der Waals surface area contributed by atoms with Gasteiger partial charge >= 0.3 is 6.18 Å². The first kappa shape index (κ1) is 21.8. The summed E-state index contributed by atoms with van der Waals surface area (Å²) < 4.78 is 44.8. The fourth-order valence-corrected chi connectivity index (χ4v) is 3.78. The van der Waals surface area contributed by atoms with Gasteiger partial charge in [0.1, 0.15) is 0 Å². The van der Waals surface area contributed by atoms with Gasteiger partial charge in [-0.2, -0.15) is 13.2 Å². The molecule has 1 aliphatic rings. The summed E-state index contributed by atoms with van der Waals surface area (Å²) in [6.45, 7) is 2.47. The van der Waals surface area contributed by atoms with Crippen LogP contribution < -0.4 is 5.32 Å². The zero-order chi connectivity index (χ0) is 22.9. The molecule has 3 aromatic rings. The molecule has 2 aromatic heterocycles. The lowest BCUT2D eigenvalue weighted by atomic mass is 10.0. The minimum absolute atomic E-state index is 0.0784. The molecule has 168 valence electrons. The zero-order valence-corrected chi connectivity index (χ0v) is 17.3. The molecule has 0 aliphatic carbocycles. The van der Waals surface area contributed by atoms with E-state index in [2.05, 4.69) is 15.5 Å². The van der Waals surface area contributed by atoms with Gasteiger partial charge in [-0.1, -0.05) is 24.2 Å². The number of rotatable bonds is 6. The van der Waals surface area contributed by atoms with Gasteiger partial charge < -0.3 is 14.7 Å². The van der Waals surface area contributed by atoms with Crippen LogP contribution in [0.4, 0.5) is 13.2 Å². The predicted molar refractivity (Wildman–Crippen MR) is 109 cm³/mol. The monoisotopic (exact) mass is 446 g/mol. The first-order chi connectivity index (χ1) is 15.3. The number of fused-ring (bicyclic) bond motifs is 1. The summed E-state index contributed by atoms with van der Waals surface area (Å²) in [5.41, 5.74) is 0.623. The van der Waals surface area contributed by atoms with Gasteiger partial charge in [0.2, 0.25) is 5.91 Å². The lowest BCUT2D eigenvalue weighted by molar-refractivity contribution is -0.137. The number of hydrogen-bond acceptors (Lipinski definition) is 5. The van der Waals surface area contributed by atoms with Crippen LogP contribution in [-0.4, -0.2) is 39.9 Å². The highest BCUT2D eigenvalue weighted by Gasteiger charge is 2.32. The number of nitrogens with one attached hydrogen (secondary N) is 1. The van der Waals surface area contributed by atoms with Crippen molar-refractivity contribution < 1.29 is 27.3 Å². The molecule has 0 spiro atoms.